The van der Waals surface area contributed by atoms with E-state index in [0.29, 0.717) is 5.56 Å². The van der Waals surface area contributed by atoms with E-state index in [0.717, 1.165) is 34.6 Å². The van der Waals surface area contributed by atoms with E-state index in [2.05, 4.69) is 15.5 Å². The Morgan fingerprint density at radius 2 is 2.21 bits per heavy atom. The largest absolute Gasteiger partial charge is 0.314 e. The lowest BCUT2D eigenvalue weighted by Gasteiger charge is -1.99. The van der Waals surface area contributed by atoms with E-state index in [1.165, 1.54) is 18.9 Å². The zero-order valence-corrected chi connectivity index (χ0v) is 11.6. The van der Waals surface area contributed by atoms with Gasteiger partial charge in [-0.05, 0) is 31.4 Å². The summed E-state index contributed by atoms with van der Waals surface area (Å²) >= 11 is 1.54. The lowest BCUT2D eigenvalue weighted by atomic mass is 10.1. The highest BCUT2D eigenvalue weighted by Crippen LogP contribution is 2.25. The second-order valence-electron chi connectivity index (χ2n) is 4.94. The Hall–Kier alpha value is -1.33. The molecule has 3 nitrogen and oxygen atoms in total. The fourth-order valence-electron chi connectivity index (χ4n) is 1.87. The standard InChI is InChI=1S/C14H16FN3S/c1-9-2-3-10(8-12(9)15)14-18-17-13(19-14)6-7-16-11-4-5-11/h2-3,8,11,16H,4-7H2,1H3. The summed E-state index contributed by atoms with van der Waals surface area (Å²) in [5, 5.41) is 13.6. The molecule has 1 heterocycles. The minimum atomic E-state index is -0.190. The summed E-state index contributed by atoms with van der Waals surface area (Å²) in [6.07, 6.45) is 3.48. The number of halogens is 1. The third kappa shape index (κ3) is 3.16. The van der Waals surface area contributed by atoms with Crippen molar-refractivity contribution < 1.29 is 4.39 Å². The Morgan fingerprint density at radius 3 is 2.95 bits per heavy atom. The topological polar surface area (TPSA) is 37.8 Å². The van der Waals surface area contributed by atoms with Crippen molar-refractivity contribution in [2.24, 2.45) is 0 Å². The minimum absolute atomic E-state index is 0.190. The maximum atomic E-state index is 13.5. The van der Waals surface area contributed by atoms with Crippen molar-refractivity contribution in [1.82, 2.24) is 15.5 Å². The molecule has 0 amide bonds. The number of rotatable bonds is 5. The van der Waals surface area contributed by atoms with Gasteiger partial charge < -0.3 is 5.32 Å². The Morgan fingerprint density at radius 1 is 1.37 bits per heavy atom. The minimum Gasteiger partial charge on any atom is -0.314 e. The molecular weight excluding hydrogens is 261 g/mol. The van der Waals surface area contributed by atoms with Crippen molar-refractivity contribution in [2.45, 2.75) is 32.2 Å². The van der Waals surface area contributed by atoms with Gasteiger partial charge in [-0.1, -0.05) is 23.5 Å². The van der Waals surface area contributed by atoms with Crippen LogP contribution in [0.1, 0.15) is 23.4 Å². The summed E-state index contributed by atoms with van der Waals surface area (Å²) in [5.74, 6) is -0.190. The highest BCUT2D eigenvalue weighted by atomic mass is 32.1. The Kier molecular flexibility index (Phi) is 3.57. The number of nitrogens with one attached hydrogen (secondary N) is 1. The monoisotopic (exact) mass is 277 g/mol. The highest BCUT2D eigenvalue weighted by Gasteiger charge is 2.20. The molecule has 5 heteroatoms. The zero-order chi connectivity index (χ0) is 13.2. The van der Waals surface area contributed by atoms with Crippen molar-refractivity contribution >= 4 is 11.3 Å². The van der Waals surface area contributed by atoms with Gasteiger partial charge in [0.25, 0.3) is 0 Å². The first-order chi connectivity index (χ1) is 9.22. The van der Waals surface area contributed by atoms with Crippen LogP contribution in [0.4, 0.5) is 4.39 Å². The lowest BCUT2D eigenvalue weighted by Crippen LogP contribution is -2.19. The third-order valence-corrected chi connectivity index (χ3v) is 4.27. The van der Waals surface area contributed by atoms with Crippen LogP contribution in [0.5, 0.6) is 0 Å². The molecule has 2 aromatic rings. The molecule has 1 aromatic heterocycles. The quantitative estimate of drug-likeness (QED) is 0.913. The number of aromatic nitrogens is 2. The Balaban J connectivity index is 1.67. The van der Waals surface area contributed by atoms with Gasteiger partial charge in [0.1, 0.15) is 15.8 Å². The van der Waals surface area contributed by atoms with Gasteiger partial charge in [-0.2, -0.15) is 0 Å². The molecule has 0 unspecified atom stereocenters. The summed E-state index contributed by atoms with van der Waals surface area (Å²) in [7, 11) is 0. The van der Waals surface area contributed by atoms with Crippen LogP contribution in [-0.2, 0) is 6.42 Å². The first kappa shape index (κ1) is 12.7. The van der Waals surface area contributed by atoms with Gasteiger partial charge in [0.2, 0.25) is 0 Å². The molecule has 0 bridgehead atoms. The van der Waals surface area contributed by atoms with E-state index in [-0.39, 0.29) is 5.82 Å². The average Bonchev–Trinajstić information content (AvgIpc) is 3.10. The van der Waals surface area contributed by atoms with Crippen molar-refractivity contribution in [3.63, 3.8) is 0 Å². The Labute approximate surface area is 115 Å². The van der Waals surface area contributed by atoms with E-state index in [9.17, 15) is 4.39 Å². The van der Waals surface area contributed by atoms with Gasteiger partial charge in [0, 0.05) is 24.6 Å². The predicted molar refractivity (Wildman–Crippen MR) is 74.8 cm³/mol. The molecular formula is C14H16FN3S. The van der Waals surface area contributed by atoms with Crippen LogP contribution in [0.2, 0.25) is 0 Å². The molecule has 3 rings (SSSR count). The first-order valence-electron chi connectivity index (χ1n) is 6.54. The van der Waals surface area contributed by atoms with Crippen molar-refractivity contribution in [1.29, 1.82) is 0 Å². The number of nitrogens with zero attached hydrogens (tertiary/aromatic N) is 2. The predicted octanol–water partition coefficient (Wildman–Crippen LogP) is 2.95. The van der Waals surface area contributed by atoms with Gasteiger partial charge in [-0.25, -0.2) is 4.39 Å². The first-order valence-corrected chi connectivity index (χ1v) is 7.36. The second kappa shape index (κ2) is 5.35. The van der Waals surface area contributed by atoms with Gasteiger partial charge in [0.15, 0.2) is 0 Å². The van der Waals surface area contributed by atoms with E-state index in [1.807, 2.05) is 6.07 Å². The average molecular weight is 277 g/mol. The molecule has 0 spiro atoms. The number of aryl methyl sites for hydroxylation is 1. The summed E-state index contributed by atoms with van der Waals surface area (Å²) in [6.45, 7) is 2.70. The summed E-state index contributed by atoms with van der Waals surface area (Å²) < 4.78 is 13.5. The van der Waals surface area contributed by atoms with E-state index < -0.39 is 0 Å². The number of hydrogen-bond donors (Lipinski definition) is 1. The van der Waals surface area contributed by atoms with Crippen LogP contribution < -0.4 is 5.32 Å². The van der Waals surface area contributed by atoms with Gasteiger partial charge in [-0.15, -0.1) is 10.2 Å². The molecule has 1 aliphatic rings. The van der Waals surface area contributed by atoms with Crippen molar-refractivity contribution in [3.8, 4) is 10.6 Å². The van der Waals surface area contributed by atoms with Crippen LogP contribution in [0.15, 0.2) is 18.2 Å². The summed E-state index contributed by atoms with van der Waals surface area (Å²) in [5.41, 5.74) is 1.46. The smallest absolute Gasteiger partial charge is 0.147 e. The Bertz CT molecular complexity index is 578. The van der Waals surface area contributed by atoms with Crippen LogP contribution in [-0.4, -0.2) is 22.8 Å². The second-order valence-corrected chi connectivity index (χ2v) is 6.01. The zero-order valence-electron chi connectivity index (χ0n) is 10.8. The molecule has 0 radical (unpaired) electrons. The van der Waals surface area contributed by atoms with Crippen LogP contribution >= 0.6 is 11.3 Å². The molecule has 19 heavy (non-hydrogen) atoms. The molecule has 1 fully saturated rings. The maximum Gasteiger partial charge on any atom is 0.147 e. The normalized spacial score (nSPS) is 14.8. The van der Waals surface area contributed by atoms with Crippen molar-refractivity contribution in [2.75, 3.05) is 6.54 Å². The van der Waals surface area contributed by atoms with Gasteiger partial charge in [0.05, 0.1) is 0 Å². The van der Waals surface area contributed by atoms with E-state index >= 15 is 0 Å². The highest BCUT2D eigenvalue weighted by molar-refractivity contribution is 7.14. The molecule has 1 N–H and O–H groups in total. The van der Waals surface area contributed by atoms with Gasteiger partial charge in [-0.3, -0.25) is 0 Å². The van der Waals surface area contributed by atoms with Crippen LogP contribution in [0.3, 0.4) is 0 Å². The molecule has 1 saturated carbocycles. The molecule has 0 saturated heterocycles. The third-order valence-electron chi connectivity index (χ3n) is 3.23. The molecule has 0 aliphatic heterocycles. The van der Waals surface area contributed by atoms with Crippen molar-refractivity contribution in [3.05, 3.63) is 34.6 Å². The van der Waals surface area contributed by atoms with Crippen LogP contribution in [0, 0.1) is 12.7 Å². The molecule has 1 aromatic carbocycles. The number of benzene rings is 1. The molecule has 1 aliphatic carbocycles. The maximum absolute atomic E-state index is 13.5. The SMILES string of the molecule is Cc1ccc(-c2nnc(CCNC3CC3)s2)cc1F. The van der Waals surface area contributed by atoms with Gasteiger partial charge >= 0.3 is 0 Å². The van der Waals surface area contributed by atoms with E-state index in [1.54, 1.807) is 24.3 Å². The fraction of sp³-hybridized carbons (Fsp3) is 0.429. The number of hydrogen-bond acceptors (Lipinski definition) is 4. The lowest BCUT2D eigenvalue weighted by molar-refractivity contribution is 0.619. The molecule has 0 atom stereocenters. The van der Waals surface area contributed by atoms with Crippen LogP contribution in [0.25, 0.3) is 10.6 Å². The van der Waals surface area contributed by atoms with E-state index in [4.69, 9.17) is 0 Å². The fourth-order valence-corrected chi connectivity index (χ4v) is 2.70. The summed E-state index contributed by atoms with van der Waals surface area (Å²) in [4.78, 5) is 0. The molecule has 100 valence electrons. The summed E-state index contributed by atoms with van der Waals surface area (Å²) in [6, 6.07) is 5.92.